The first kappa shape index (κ1) is 14.3. The molecule has 1 aliphatic carbocycles. The molecule has 0 aromatic rings. The Bertz CT molecular complexity index is 235. The number of nitrogens with zero attached hydrogens (tertiary/aromatic N) is 1. The van der Waals surface area contributed by atoms with Crippen molar-refractivity contribution >= 4 is 0 Å². The van der Waals surface area contributed by atoms with E-state index >= 15 is 0 Å². The zero-order valence-corrected chi connectivity index (χ0v) is 12.7. The second-order valence-corrected chi connectivity index (χ2v) is 7.26. The van der Waals surface area contributed by atoms with E-state index < -0.39 is 0 Å². The lowest BCUT2D eigenvalue weighted by atomic mass is 9.78. The van der Waals surface area contributed by atoms with Crippen LogP contribution in [0.4, 0.5) is 0 Å². The van der Waals surface area contributed by atoms with Gasteiger partial charge in [-0.2, -0.15) is 0 Å². The highest BCUT2D eigenvalue weighted by molar-refractivity contribution is 4.89. The van der Waals surface area contributed by atoms with Crippen molar-refractivity contribution in [2.45, 2.75) is 64.8 Å². The van der Waals surface area contributed by atoms with Crippen LogP contribution in [-0.4, -0.2) is 37.6 Å². The van der Waals surface area contributed by atoms with E-state index in [9.17, 15) is 0 Å². The number of piperidine rings is 1. The smallest absolute Gasteiger partial charge is 0.00916 e. The van der Waals surface area contributed by atoms with Crippen molar-refractivity contribution in [3.8, 4) is 0 Å². The molecule has 1 heterocycles. The zero-order chi connectivity index (χ0) is 13.0. The molecule has 18 heavy (non-hydrogen) atoms. The Balaban J connectivity index is 1.79. The number of hydrogen-bond donors (Lipinski definition) is 1. The fourth-order valence-corrected chi connectivity index (χ4v) is 4.02. The second kappa shape index (κ2) is 6.38. The lowest BCUT2D eigenvalue weighted by molar-refractivity contribution is 0.185. The molecule has 1 N–H and O–H groups in total. The fraction of sp³-hybridized carbons (Fsp3) is 1.00. The Kier molecular flexibility index (Phi) is 5.08. The third-order valence-electron chi connectivity index (χ3n) is 4.99. The molecule has 0 bridgehead atoms. The van der Waals surface area contributed by atoms with Crippen molar-refractivity contribution in [1.29, 1.82) is 0 Å². The van der Waals surface area contributed by atoms with Crippen LogP contribution in [0, 0.1) is 11.3 Å². The molecule has 0 radical (unpaired) electrons. The summed E-state index contributed by atoms with van der Waals surface area (Å²) in [5.74, 6) is 0.849. The van der Waals surface area contributed by atoms with E-state index in [0.717, 1.165) is 12.0 Å². The van der Waals surface area contributed by atoms with Gasteiger partial charge in [-0.05, 0) is 63.6 Å². The van der Waals surface area contributed by atoms with E-state index in [2.05, 4.69) is 31.1 Å². The van der Waals surface area contributed by atoms with E-state index in [1.165, 1.54) is 64.6 Å². The second-order valence-electron chi connectivity index (χ2n) is 7.26. The van der Waals surface area contributed by atoms with Crippen LogP contribution in [0.2, 0.25) is 0 Å². The van der Waals surface area contributed by atoms with Gasteiger partial charge in [-0.25, -0.2) is 0 Å². The Morgan fingerprint density at radius 1 is 1.17 bits per heavy atom. The quantitative estimate of drug-likeness (QED) is 0.808. The highest BCUT2D eigenvalue weighted by Crippen LogP contribution is 2.42. The number of hydrogen-bond acceptors (Lipinski definition) is 2. The first-order valence-electron chi connectivity index (χ1n) is 8.02. The normalized spacial score (nSPS) is 26.0. The van der Waals surface area contributed by atoms with E-state index in [1.807, 2.05) is 0 Å². The van der Waals surface area contributed by atoms with Crippen LogP contribution in [0.3, 0.4) is 0 Å². The minimum Gasteiger partial charge on any atom is -0.313 e. The first-order valence-corrected chi connectivity index (χ1v) is 8.02. The van der Waals surface area contributed by atoms with Gasteiger partial charge in [0.15, 0.2) is 0 Å². The van der Waals surface area contributed by atoms with Crippen LogP contribution < -0.4 is 5.32 Å². The predicted molar refractivity (Wildman–Crippen MR) is 78.9 cm³/mol. The minimum atomic E-state index is 0.636. The van der Waals surface area contributed by atoms with Gasteiger partial charge in [0.1, 0.15) is 0 Å². The maximum absolute atomic E-state index is 3.90. The SMILES string of the molecule is CC(C)CC1(CNC2CCN(C)CC2)CCCC1. The van der Waals surface area contributed by atoms with Gasteiger partial charge in [0.2, 0.25) is 0 Å². The summed E-state index contributed by atoms with van der Waals surface area (Å²) in [6.07, 6.45) is 9.95. The average Bonchev–Trinajstić information content (AvgIpc) is 2.76. The summed E-state index contributed by atoms with van der Waals surface area (Å²) in [5.41, 5.74) is 0.636. The Hall–Kier alpha value is -0.0800. The number of likely N-dealkylation sites (tertiary alicyclic amines) is 1. The maximum atomic E-state index is 3.90. The molecule has 2 nitrogen and oxygen atoms in total. The van der Waals surface area contributed by atoms with Crippen LogP contribution >= 0.6 is 0 Å². The molecular weight excluding hydrogens is 220 g/mol. The molecule has 0 atom stereocenters. The van der Waals surface area contributed by atoms with Crippen molar-refractivity contribution in [3.63, 3.8) is 0 Å². The first-order chi connectivity index (χ1) is 8.60. The van der Waals surface area contributed by atoms with Crippen molar-refractivity contribution in [2.75, 3.05) is 26.7 Å². The van der Waals surface area contributed by atoms with Gasteiger partial charge in [0, 0.05) is 12.6 Å². The van der Waals surface area contributed by atoms with Crippen molar-refractivity contribution in [2.24, 2.45) is 11.3 Å². The predicted octanol–water partition coefficient (Wildman–Crippen LogP) is 3.28. The molecule has 2 heteroatoms. The fourth-order valence-electron chi connectivity index (χ4n) is 4.02. The Labute approximate surface area is 114 Å². The van der Waals surface area contributed by atoms with Crippen molar-refractivity contribution in [3.05, 3.63) is 0 Å². The van der Waals surface area contributed by atoms with Gasteiger partial charge < -0.3 is 10.2 Å². The van der Waals surface area contributed by atoms with Crippen LogP contribution in [0.15, 0.2) is 0 Å². The highest BCUT2D eigenvalue weighted by atomic mass is 15.1. The molecule has 106 valence electrons. The third kappa shape index (κ3) is 3.96. The van der Waals surface area contributed by atoms with Crippen LogP contribution in [-0.2, 0) is 0 Å². The molecule has 0 amide bonds. The largest absolute Gasteiger partial charge is 0.313 e. The summed E-state index contributed by atoms with van der Waals surface area (Å²) >= 11 is 0. The molecular formula is C16H32N2. The molecule has 0 spiro atoms. The number of nitrogens with one attached hydrogen (secondary N) is 1. The Morgan fingerprint density at radius 3 is 2.33 bits per heavy atom. The van der Waals surface area contributed by atoms with Crippen LogP contribution in [0.1, 0.15) is 58.8 Å². The van der Waals surface area contributed by atoms with Crippen LogP contribution in [0.25, 0.3) is 0 Å². The summed E-state index contributed by atoms with van der Waals surface area (Å²) in [6.45, 7) is 8.59. The zero-order valence-electron chi connectivity index (χ0n) is 12.7. The van der Waals surface area contributed by atoms with Gasteiger partial charge in [0.05, 0.1) is 0 Å². The molecule has 1 saturated heterocycles. The van der Waals surface area contributed by atoms with E-state index in [-0.39, 0.29) is 0 Å². The van der Waals surface area contributed by atoms with Gasteiger partial charge in [-0.1, -0.05) is 26.7 Å². The summed E-state index contributed by atoms with van der Waals surface area (Å²) < 4.78 is 0. The van der Waals surface area contributed by atoms with E-state index in [4.69, 9.17) is 0 Å². The summed E-state index contributed by atoms with van der Waals surface area (Å²) in [6, 6.07) is 0.783. The standard InChI is InChI=1S/C16H32N2/c1-14(2)12-16(8-4-5-9-16)13-17-15-6-10-18(3)11-7-15/h14-15,17H,4-13H2,1-3H3. The molecule has 0 aromatic carbocycles. The highest BCUT2D eigenvalue weighted by Gasteiger charge is 2.34. The van der Waals surface area contributed by atoms with Crippen molar-refractivity contribution in [1.82, 2.24) is 10.2 Å². The van der Waals surface area contributed by atoms with E-state index in [0.29, 0.717) is 5.41 Å². The average molecular weight is 252 g/mol. The molecule has 2 fully saturated rings. The third-order valence-corrected chi connectivity index (χ3v) is 4.99. The summed E-state index contributed by atoms with van der Waals surface area (Å²) in [7, 11) is 2.24. The van der Waals surface area contributed by atoms with Crippen molar-refractivity contribution < 1.29 is 0 Å². The summed E-state index contributed by atoms with van der Waals surface area (Å²) in [5, 5.41) is 3.90. The molecule has 1 aliphatic heterocycles. The maximum Gasteiger partial charge on any atom is 0.00916 e. The molecule has 2 aliphatic rings. The molecule has 0 aromatic heterocycles. The van der Waals surface area contributed by atoms with Gasteiger partial charge >= 0.3 is 0 Å². The van der Waals surface area contributed by atoms with Gasteiger partial charge in [-0.15, -0.1) is 0 Å². The molecule has 1 saturated carbocycles. The molecule has 0 unspecified atom stereocenters. The lowest BCUT2D eigenvalue weighted by Gasteiger charge is -2.36. The summed E-state index contributed by atoms with van der Waals surface area (Å²) in [4.78, 5) is 2.46. The number of rotatable bonds is 5. The monoisotopic (exact) mass is 252 g/mol. The van der Waals surface area contributed by atoms with E-state index in [1.54, 1.807) is 0 Å². The van der Waals surface area contributed by atoms with Gasteiger partial charge in [0.25, 0.3) is 0 Å². The minimum absolute atomic E-state index is 0.636. The topological polar surface area (TPSA) is 15.3 Å². The Morgan fingerprint density at radius 2 is 1.78 bits per heavy atom. The van der Waals surface area contributed by atoms with Crippen LogP contribution in [0.5, 0.6) is 0 Å². The van der Waals surface area contributed by atoms with Gasteiger partial charge in [-0.3, -0.25) is 0 Å². The molecule has 2 rings (SSSR count). The lowest BCUT2D eigenvalue weighted by Crippen LogP contribution is -2.45.